The summed E-state index contributed by atoms with van der Waals surface area (Å²) in [6.07, 6.45) is 3.52. The van der Waals surface area contributed by atoms with Crippen molar-refractivity contribution in [2.24, 2.45) is 5.92 Å². The van der Waals surface area contributed by atoms with Gasteiger partial charge < -0.3 is 5.32 Å². The Morgan fingerprint density at radius 3 is 3.00 bits per heavy atom. The lowest BCUT2D eigenvalue weighted by atomic mass is 10.2. The molecule has 0 fully saturated rings. The van der Waals surface area contributed by atoms with E-state index in [1.807, 2.05) is 31.4 Å². The van der Waals surface area contributed by atoms with Gasteiger partial charge >= 0.3 is 0 Å². The second kappa shape index (κ2) is 5.73. The highest BCUT2D eigenvalue weighted by molar-refractivity contribution is 7.09. The number of carbonyl (C=O) groups is 1. The van der Waals surface area contributed by atoms with Gasteiger partial charge in [-0.3, -0.25) is 9.78 Å². The van der Waals surface area contributed by atoms with Crippen molar-refractivity contribution in [3.63, 3.8) is 0 Å². The Balaban J connectivity index is 2.01. The highest BCUT2D eigenvalue weighted by Crippen LogP contribution is 2.20. The first-order valence-corrected chi connectivity index (χ1v) is 6.67. The first kappa shape index (κ1) is 12.7. The van der Waals surface area contributed by atoms with Crippen molar-refractivity contribution in [1.29, 1.82) is 0 Å². The molecule has 5 heteroatoms. The number of hydrogen-bond donors (Lipinski definition) is 1. The van der Waals surface area contributed by atoms with Gasteiger partial charge in [0.15, 0.2) is 0 Å². The van der Waals surface area contributed by atoms with Crippen LogP contribution < -0.4 is 5.32 Å². The van der Waals surface area contributed by atoms with Crippen LogP contribution >= 0.6 is 11.3 Å². The second-order valence-corrected chi connectivity index (χ2v) is 5.18. The van der Waals surface area contributed by atoms with E-state index in [1.54, 1.807) is 23.7 Å². The Hall–Kier alpha value is -1.75. The van der Waals surface area contributed by atoms with E-state index in [1.165, 1.54) is 0 Å². The molecule has 2 aromatic rings. The van der Waals surface area contributed by atoms with Crippen LogP contribution in [0.3, 0.4) is 0 Å². The molecule has 0 atom stereocenters. The first-order valence-electron chi connectivity index (χ1n) is 5.79. The number of rotatable bonds is 4. The van der Waals surface area contributed by atoms with Crippen molar-refractivity contribution in [2.45, 2.75) is 20.4 Å². The number of nitrogens with zero attached hydrogens (tertiary/aromatic N) is 2. The van der Waals surface area contributed by atoms with E-state index in [0.29, 0.717) is 6.54 Å². The molecule has 2 aromatic heterocycles. The number of nitrogens with one attached hydrogen (secondary N) is 1. The van der Waals surface area contributed by atoms with Gasteiger partial charge in [0.2, 0.25) is 5.91 Å². The molecule has 0 radical (unpaired) electrons. The van der Waals surface area contributed by atoms with E-state index in [2.05, 4.69) is 15.3 Å². The normalized spacial score (nSPS) is 10.6. The summed E-state index contributed by atoms with van der Waals surface area (Å²) in [6, 6.07) is 3.85. The predicted octanol–water partition coefficient (Wildman–Crippen LogP) is 2.48. The second-order valence-electron chi connectivity index (χ2n) is 4.24. The maximum absolute atomic E-state index is 11.4. The third kappa shape index (κ3) is 3.13. The minimum absolute atomic E-state index is 0.00255. The summed E-state index contributed by atoms with van der Waals surface area (Å²) >= 11 is 1.54. The van der Waals surface area contributed by atoms with Crippen molar-refractivity contribution >= 4 is 17.2 Å². The molecule has 2 heterocycles. The summed E-state index contributed by atoms with van der Waals surface area (Å²) in [5, 5.41) is 5.74. The lowest BCUT2D eigenvalue weighted by Crippen LogP contribution is -2.26. The van der Waals surface area contributed by atoms with Crippen LogP contribution in [0.1, 0.15) is 18.9 Å². The van der Waals surface area contributed by atoms with Crippen LogP contribution in [-0.4, -0.2) is 15.9 Å². The van der Waals surface area contributed by atoms with Crippen LogP contribution in [0.25, 0.3) is 11.3 Å². The lowest BCUT2D eigenvalue weighted by molar-refractivity contribution is -0.124. The quantitative estimate of drug-likeness (QED) is 0.920. The summed E-state index contributed by atoms with van der Waals surface area (Å²) in [5.74, 6) is 0.0517. The molecule has 18 heavy (non-hydrogen) atoms. The van der Waals surface area contributed by atoms with Gasteiger partial charge in [-0.25, -0.2) is 4.98 Å². The molecule has 0 aromatic carbocycles. The van der Waals surface area contributed by atoms with E-state index in [4.69, 9.17) is 0 Å². The largest absolute Gasteiger partial charge is 0.349 e. The van der Waals surface area contributed by atoms with Crippen molar-refractivity contribution < 1.29 is 4.79 Å². The maximum atomic E-state index is 11.4. The van der Waals surface area contributed by atoms with Gasteiger partial charge in [-0.05, 0) is 12.1 Å². The zero-order valence-corrected chi connectivity index (χ0v) is 11.2. The molecule has 1 N–H and O–H groups in total. The van der Waals surface area contributed by atoms with Crippen molar-refractivity contribution in [2.75, 3.05) is 0 Å². The van der Waals surface area contributed by atoms with E-state index in [9.17, 15) is 4.79 Å². The lowest BCUT2D eigenvalue weighted by Gasteiger charge is -2.04. The van der Waals surface area contributed by atoms with Crippen LogP contribution in [0.2, 0.25) is 0 Å². The van der Waals surface area contributed by atoms with Crippen LogP contribution in [0, 0.1) is 5.92 Å². The molecule has 0 bridgehead atoms. The van der Waals surface area contributed by atoms with Gasteiger partial charge in [0.25, 0.3) is 0 Å². The maximum Gasteiger partial charge on any atom is 0.222 e. The summed E-state index contributed by atoms with van der Waals surface area (Å²) in [5.41, 5.74) is 1.90. The van der Waals surface area contributed by atoms with Crippen LogP contribution in [0.4, 0.5) is 0 Å². The molecule has 0 saturated heterocycles. The predicted molar refractivity (Wildman–Crippen MR) is 72.0 cm³/mol. The van der Waals surface area contributed by atoms with Gasteiger partial charge in [0, 0.05) is 29.3 Å². The third-order valence-corrected chi connectivity index (χ3v) is 3.30. The fourth-order valence-corrected chi connectivity index (χ4v) is 2.15. The SMILES string of the molecule is CC(C)C(=O)NCc1nc(-c2cccnc2)cs1. The molecule has 0 aliphatic rings. The summed E-state index contributed by atoms with van der Waals surface area (Å²) in [7, 11) is 0. The number of hydrogen-bond acceptors (Lipinski definition) is 4. The molecule has 94 valence electrons. The van der Waals surface area contributed by atoms with Crippen molar-refractivity contribution in [3.8, 4) is 11.3 Å². The molecule has 2 rings (SSSR count). The molecule has 0 unspecified atom stereocenters. The Labute approximate surface area is 110 Å². The Morgan fingerprint density at radius 1 is 1.50 bits per heavy atom. The minimum atomic E-state index is 0.00255. The monoisotopic (exact) mass is 261 g/mol. The van der Waals surface area contributed by atoms with Crippen molar-refractivity contribution in [1.82, 2.24) is 15.3 Å². The number of carbonyl (C=O) groups excluding carboxylic acids is 1. The van der Waals surface area contributed by atoms with Gasteiger partial charge in [0.05, 0.1) is 12.2 Å². The molecule has 0 aliphatic heterocycles. The van der Waals surface area contributed by atoms with E-state index in [0.717, 1.165) is 16.3 Å². The summed E-state index contributed by atoms with van der Waals surface area (Å²) in [6.45, 7) is 4.23. The topological polar surface area (TPSA) is 54.9 Å². The standard InChI is InChI=1S/C13H15N3OS/c1-9(2)13(17)15-7-12-16-11(8-18-12)10-4-3-5-14-6-10/h3-6,8-9H,7H2,1-2H3,(H,15,17). The molecule has 0 saturated carbocycles. The number of amides is 1. The zero-order chi connectivity index (χ0) is 13.0. The minimum Gasteiger partial charge on any atom is -0.349 e. The van der Waals surface area contributed by atoms with Crippen LogP contribution in [0.15, 0.2) is 29.9 Å². The molecule has 0 aliphatic carbocycles. The van der Waals surface area contributed by atoms with Crippen LogP contribution in [-0.2, 0) is 11.3 Å². The summed E-state index contributed by atoms with van der Waals surface area (Å²) < 4.78 is 0. The van der Waals surface area contributed by atoms with Gasteiger partial charge in [-0.15, -0.1) is 11.3 Å². The zero-order valence-electron chi connectivity index (χ0n) is 10.4. The molecule has 1 amide bonds. The highest BCUT2D eigenvalue weighted by atomic mass is 32.1. The first-order chi connectivity index (χ1) is 8.66. The van der Waals surface area contributed by atoms with Gasteiger partial charge in [-0.1, -0.05) is 13.8 Å². The number of pyridine rings is 1. The van der Waals surface area contributed by atoms with E-state index < -0.39 is 0 Å². The van der Waals surface area contributed by atoms with Gasteiger partial charge in [-0.2, -0.15) is 0 Å². The molecule has 0 spiro atoms. The smallest absolute Gasteiger partial charge is 0.222 e. The fourth-order valence-electron chi connectivity index (χ4n) is 1.41. The third-order valence-electron chi connectivity index (χ3n) is 2.45. The van der Waals surface area contributed by atoms with E-state index >= 15 is 0 Å². The molecule has 4 nitrogen and oxygen atoms in total. The van der Waals surface area contributed by atoms with Crippen molar-refractivity contribution in [3.05, 3.63) is 34.9 Å². The Kier molecular flexibility index (Phi) is 4.04. The Bertz CT molecular complexity index is 522. The average Bonchev–Trinajstić information content (AvgIpc) is 2.85. The average molecular weight is 261 g/mol. The molecular weight excluding hydrogens is 246 g/mol. The number of aromatic nitrogens is 2. The highest BCUT2D eigenvalue weighted by Gasteiger charge is 2.08. The van der Waals surface area contributed by atoms with Gasteiger partial charge in [0.1, 0.15) is 5.01 Å². The van der Waals surface area contributed by atoms with E-state index in [-0.39, 0.29) is 11.8 Å². The number of thiazole rings is 1. The molecular formula is C13H15N3OS. The Morgan fingerprint density at radius 2 is 2.33 bits per heavy atom. The fraction of sp³-hybridized carbons (Fsp3) is 0.308. The van der Waals surface area contributed by atoms with Crippen LogP contribution in [0.5, 0.6) is 0 Å². The summed E-state index contributed by atoms with van der Waals surface area (Å²) in [4.78, 5) is 20.0.